The van der Waals surface area contributed by atoms with Crippen molar-refractivity contribution >= 4 is 5.97 Å². The van der Waals surface area contributed by atoms with Crippen molar-refractivity contribution < 1.29 is 19.4 Å². The van der Waals surface area contributed by atoms with Crippen molar-refractivity contribution in [1.82, 2.24) is 0 Å². The monoisotopic (exact) mass is 234 g/mol. The second-order valence-electron chi connectivity index (χ2n) is 4.10. The summed E-state index contributed by atoms with van der Waals surface area (Å²) in [5, 5.41) is 8.57. The van der Waals surface area contributed by atoms with E-state index in [9.17, 15) is 9.32 Å². The Morgan fingerprint density at radius 2 is 1.31 bits per heavy atom. The van der Waals surface area contributed by atoms with E-state index in [0.717, 1.165) is 25.7 Å². The molecule has 0 aliphatic rings. The number of rotatable bonds is 11. The first-order valence-electron chi connectivity index (χ1n) is 6.23. The number of hydrogen-bond acceptors (Lipinski definition) is 3. The van der Waals surface area contributed by atoms with Gasteiger partial charge in [0.15, 0.2) is 0 Å². The van der Waals surface area contributed by atoms with Crippen LogP contribution in [-0.4, -0.2) is 17.7 Å². The van der Waals surface area contributed by atoms with Gasteiger partial charge in [-0.1, -0.05) is 44.9 Å². The molecule has 96 valence electrons. The SMILES string of the molecule is O=C(CCCCCCCCCCCO)OF. The number of halogens is 1. The van der Waals surface area contributed by atoms with Crippen LogP contribution in [-0.2, 0) is 9.74 Å². The number of unbranched alkanes of at least 4 members (excludes halogenated alkanes) is 8. The fourth-order valence-electron chi connectivity index (χ4n) is 1.66. The average molecular weight is 234 g/mol. The highest BCUT2D eigenvalue weighted by Gasteiger charge is 2.01. The van der Waals surface area contributed by atoms with E-state index in [-0.39, 0.29) is 6.42 Å². The van der Waals surface area contributed by atoms with Crippen molar-refractivity contribution in [3.05, 3.63) is 0 Å². The van der Waals surface area contributed by atoms with Crippen molar-refractivity contribution in [2.24, 2.45) is 0 Å². The Hall–Kier alpha value is -0.640. The molecule has 0 radical (unpaired) electrons. The van der Waals surface area contributed by atoms with Gasteiger partial charge in [0.25, 0.3) is 0 Å². The zero-order chi connectivity index (χ0) is 12.1. The lowest BCUT2D eigenvalue weighted by molar-refractivity contribution is -0.183. The maximum absolute atomic E-state index is 11.3. The van der Waals surface area contributed by atoms with Gasteiger partial charge in [0.1, 0.15) is 0 Å². The van der Waals surface area contributed by atoms with Crippen LogP contribution in [0.2, 0.25) is 0 Å². The Kier molecular flexibility index (Phi) is 11.9. The van der Waals surface area contributed by atoms with Gasteiger partial charge in [-0.15, -0.1) is 0 Å². The first kappa shape index (κ1) is 15.4. The van der Waals surface area contributed by atoms with E-state index < -0.39 is 5.97 Å². The third-order valence-electron chi connectivity index (χ3n) is 2.63. The van der Waals surface area contributed by atoms with Gasteiger partial charge >= 0.3 is 5.97 Å². The predicted octanol–water partition coefficient (Wildman–Crippen LogP) is 3.31. The van der Waals surface area contributed by atoms with Crippen LogP contribution in [0.25, 0.3) is 0 Å². The molecule has 0 saturated carbocycles. The first-order valence-corrected chi connectivity index (χ1v) is 6.23. The summed E-state index contributed by atoms with van der Waals surface area (Å²) >= 11 is 0. The van der Waals surface area contributed by atoms with Gasteiger partial charge in [-0.2, -0.15) is 0 Å². The van der Waals surface area contributed by atoms with Crippen LogP contribution < -0.4 is 0 Å². The molecule has 0 unspecified atom stereocenters. The maximum atomic E-state index is 11.3. The standard InChI is InChI=1S/C12H23FO3/c13-16-12(15)10-8-6-4-2-1-3-5-7-9-11-14/h14H,1-11H2. The molecule has 4 heteroatoms. The fraction of sp³-hybridized carbons (Fsp3) is 0.917. The highest BCUT2D eigenvalue weighted by molar-refractivity contribution is 5.68. The van der Waals surface area contributed by atoms with E-state index in [4.69, 9.17) is 5.11 Å². The van der Waals surface area contributed by atoms with E-state index in [1.165, 1.54) is 25.7 Å². The molecule has 0 aliphatic carbocycles. The lowest BCUT2D eigenvalue weighted by Crippen LogP contribution is -1.96. The Bertz CT molecular complexity index is 162. The van der Waals surface area contributed by atoms with E-state index in [1.54, 1.807) is 0 Å². The Morgan fingerprint density at radius 3 is 1.75 bits per heavy atom. The predicted molar refractivity (Wildman–Crippen MR) is 60.5 cm³/mol. The van der Waals surface area contributed by atoms with Crippen LogP contribution in [0.15, 0.2) is 0 Å². The second kappa shape index (κ2) is 12.4. The zero-order valence-electron chi connectivity index (χ0n) is 9.92. The number of aliphatic hydroxyl groups excluding tert-OH is 1. The van der Waals surface area contributed by atoms with Crippen LogP contribution in [0.3, 0.4) is 0 Å². The molecule has 0 saturated heterocycles. The summed E-state index contributed by atoms with van der Waals surface area (Å²) in [6.07, 6.45) is 9.76. The second-order valence-corrected chi connectivity index (χ2v) is 4.10. The van der Waals surface area contributed by atoms with Crippen LogP contribution >= 0.6 is 0 Å². The van der Waals surface area contributed by atoms with Gasteiger partial charge in [-0.3, -0.25) is 4.94 Å². The number of carbonyl (C=O) groups is 1. The number of aliphatic hydroxyl groups is 1. The van der Waals surface area contributed by atoms with Crippen LogP contribution in [0.5, 0.6) is 0 Å². The third kappa shape index (κ3) is 11.4. The van der Waals surface area contributed by atoms with Gasteiger partial charge in [-0.25, -0.2) is 4.79 Å². The van der Waals surface area contributed by atoms with Gasteiger partial charge in [0.05, 0.1) is 0 Å². The highest BCUT2D eigenvalue weighted by Crippen LogP contribution is 2.10. The average Bonchev–Trinajstić information content (AvgIpc) is 2.31. The molecule has 0 aromatic rings. The van der Waals surface area contributed by atoms with Crippen LogP contribution in [0.1, 0.15) is 64.2 Å². The molecule has 0 rings (SSSR count). The molecule has 0 atom stereocenters. The van der Waals surface area contributed by atoms with Crippen molar-refractivity contribution in [2.75, 3.05) is 6.61 Å². The zero-order valence-corrected chi connectivity index (χ0v) is 9.92. The van der Waals surface area contributed by atoms with Crippen molar-refractivity contribution in [2.45, 2.75) is 64.2 Å². The maximum Gasteiger partial charge on any atom is 0.348 e. The molecule has 0 fully saturated rings. The molecule has 0 spiro atoms. The molecule has 0 bridgehead atoms. The summed E-state index contributed by atoms with van der Waals surface area (Å²) in [5.74, 6) is -0.760. The smallest absolute Gasteiger partial charge is 0.348 e. The molecule has 0 aromatic carbocycles. The summed E-state index contributed by atoms with van der Waals surface area (Å²) in [4.78, 5) is 13.5. The Morgan fingerprint density at radius 1 is 0.875 bits per heavy atom. The minimum absolute atomic E-state index is 0.188. The summed E-state index contributed by atoms with van der Waals surface area (Å²) in [6, 6.07) is 0. The fourth-order valence-corrected chi connectivity index (χ4v) is 1.66. The quantitative estimate of drug-likeness (QED) is 0.558. The molecule has 0 aromatic heterocycles. The van der Waals surface area contributed by atoms with E-state index in [1.807, 2.05) is 0 Å². The summed E-state index contributed by atoms with van der Waals surface area (Å²) < 4.78 is 11.3. The van der Waals surface area contributed by atoms with Gasteiger partial charge in [0, 0.05) is 17.6 Å². The molecule has 0 heterocycles. The summed E-state index contributed by atoms with van der Waals surface area (Å²) in [7, 11) is 0. The first-order chi connectivity index (χ1) is 7.81. The molecular weight excluding hydrogens is 211 g/mol. The van der Waals surface area contributed by atoms with E-state index >= 15 is 0 Å². The lowest BCUT2D eigenvalue weighted by atomic mass is 10.1. The number of hydrogen-bond donors (Lipinski definition) is 1. The van der Waals surface area contributed by atoms with E-state index in [2.05, 4.69) is 4.94 Å². The van der Waals surface area contributed by atoms with Crippen molar-refractivity contribution in [1.29, 1.82) is 0 Å². The largest absolute Gasteiger partial charge is 0.396 e. The van der Waals surface area contributed by atoms with Crippen LogP contribution in [0.4, 0.5) is 4.53 Å². The number of carbonyl (C=O) groups excluding carboxylic acids is 1. The van der Waals surface area contributed by atoms with Crippen LogP contribution in [0, 0.1) is 0 Å². The normalized spacial score (nSPS) is 10.4. The van der Waals surface area contributed by atoms with Gasteiger partial charge in [0.2, 0.25) is 0 Å². The minimum Gasteiger partial charge on any atom is -0.396 e. The van der Waals surface area contributed by atoms with Crippen molar-refractivity contribution in [3.63, 3.8) is 0 Å². The molecule has 16 heavy (non-hydrogen) atoms. The molecule has 0 aliphatic heterocycles. The molecule has 3 nitrogen and oxygen atoms in total. The van der Waals surface area contributed by atoms with Gasteiger partial charge < -0.3 is 5.11 Å². The van der Waals surface area contributed by atoms with Crippen molar-refractivity contribution in [3.8, 4) is 0 Å². The third-order valence-corrected chi connectivity index (χ3v) is 2.63. The topological polar surface area (TPSA) is 46.5 Å². The van der Waals surface area contributed by atoms with Gasteiger partial charge in [-0.05, 0) is 12.8 Å². The lowest BCUT2D eigenvalue weighted by Gasteiger charge is -2.01. The Balaban J connectivity index is 2.96. The summed E-state index contributed by atoms with van der Waals surface area (Å²) in [5.41, 5.74) is 0. The molecular formula is C12H23FO3. The minimum atomic E-state index is -0.760. The summed E-state index contributed by atoms with van der Waals surface area (Å²) in [6.45, 7) is 0.296. The van der Waals surface area contributed by atoms with E-state index in [0.29, 0.717) is 13.0 Å². The molecule has 1 N–H and O–H groups in total. The molecule has 0 amide bonds. The Labute approximate surface area is 96.9 Å². The highest BCUT2D eigenvalue weighted by atomic mass is 19.3.